The number of hydrogen-bond donors (Lipinski definition) is 0. The molecule has 1 aliphatic heterocycles. The van der Waals surface area contributed by atoms with E-state index in [1.165, 1.54) is 6.20 Å². The third-order valence-corrected chi connectivity index (χ3v) is 4.41. The van der Waals surface area contributed by atoms with Gasteiger partial charge in [0.25, 0.3) is 5.91 Å². The van der Waals surface area contributed by atoms with E-state index in [4.69, 9.17) is 14.0 Å². The van der Waals surface area contributed by atoms with E-state index in [9.17, 15) is 4.79 Å². The molecule has 2 heterocycles. The zero-order chi connectivity index (χ0) is 14.0. The highest BCUT2D eigenvalue weighted by molar-refractivity contribution is 5.91. The predicted molar refractivity (Wildman–Crippen MR) is 70.3 cm³/mol. The van der Waals surface area contributed by atoms with Gasteiger partial charge in [0, 0.05) is 25.6 Å². The molecule has 1 aromatic rings. The second kappa shape index (κ2) is 5.54. The zero-order valence-electron chi connectivity index (χ0n) is 11.7. The Hall–Kier alpha value is -1.40. The smallest absolute Gasteiger partial charge is 0.292 e. The van der Waals surface area contributed by atoms with E-state index in [2.05, 4.69) is 5.16 Å². The Bertz CT molecular complexity index is 462. The minimum absolute atomic E-state index is 0.103. The summed E-state index contributed by atoms with van der Waals surface area (Å²) in [5.74, 6) is 0.550. The van der Waals surface area contributed by atoms with Crippen molar-refractivity contribution in [1.29, 1.82) is 0 Å². The summed E-state index contributed by atoms with van der Waals surface area (Å²) in [6.07, 6.45) is 4.70. The van der Waals surface area contributed by atoms with Crippen molar-refractivity contribution in [2.24, 2.45) is 5.92 Å². The first-order valence-electron chi connectivity index (χ1n) is 7.08. The number of ether oxygens (including phenoxy) is 2. The van der Waals surface area contributed by atoms with Gasteiger partial charge in [-0.1, -0.05) is 11.6 Å². The molecule has 0 bridgehead atoms. The number of aromatic nitrogens is 1. The average molecular weight is 280 g/mol. The Balaban J connectivity index is 1.74. The monoisotopic (exact) mass is 280 g/mol. The largest absolute Gasteiger partial charge is 0.384 e. The SMILES string of the molecule is COC[C@H]1CCC[C@]12CN(C(=O)c1ccno1)CCO2. The summed E-state index contributed by atoms with van der Waals surface area (Å²) in [5.41, 5.74) is -0.246. The van der Waals surface area contributed by atoms with Gasteiger partial charge in [0.2, 0.25) is 5.76 Å². The summed E-state index contributed by atoms with van der Waals surface area (Å²) in [6.45, 7) is 2.46. The van der Waals surface area contributed by atoms with Crippen LogP contribution in [-0.4, -0.2) is 55.0 Å². The fourth-order valence-corrected chi connectivity index (χ4v) is 3.41. The van der Waals surface area contributed by atoms with Gasteiger partial charge in [0.15, 0.2) is 0 Å². The molecule has 1 saturated heterocycles. The maximum absolute atomic E-state index is 12.4. The van der Waals surface area contributed by atoms with Gasteiger partial charge >= 0.3 is 0 Å². The van der Waals surface area contributed by atoms with Gasteiger partial charge < -0.3 is 18.9 Å². The molecule has 2 atom stereocenters. The molecule has 1 amide bonds. The molecule has 2 aliphatic rings. The van der Waals surface area contributed by atoms with Crippen molar-refractivity contribution in [3.8, 4) is 0 Å². The van der Waals surface area contributed by atoms with Gasteiger partial charge in [-0.25, -0.2) is 0 Å². The van der Waals surface area contributed by atoms with Crippen LogP contribution in [0.15, 0.2) is 16.8 Å². The Morgan fingerprint density at radius 1 is 1.65 bits per heavy atom. The van der Waals surface area contributed by atoms with Crippen LogP contribution in [0.5, 0.6) is 0 Å². The maximum Gasteiger partial charge on any atom is 0.292 e. The number of carbonyl (C=O) groups is 1. The fraction of sp³-hybridized carbons (Fsp3) is 0.714. The van der Waals surface area contributed by atoms with Gasteiger partial charge in [-0.3, -0.25) is 4.79 Å². The number of amides is 1. The van der Waals surface area contributed by atoms with Crippen LogP contribution in [-0.2, 0) is 9.47 Å². The normalized spacial score (nSPS) is 30.1. The highest BCUT2D eigenvalue weighted by Crippen LogP contribution is 2.41. The molecule has 0 unspecified atom stereocenters. The quantitative estimate of drug-likeness (QED) is 0.835. The summed E-state index contributed by atoms with van der Waals surface area (Å²) < 4.78 is 16.3. The molecule has 6 nitrogen and oxygen atoms in total. The number of nitrogens with zero attached hydrogens (tertiary/aromatic N) is 2. The molecule has 1 aliphatic carbocycles. The second-order valence-electron chi connectivity index (χ2n) is 5.56. The maximum atomic E-state index is 12.4. The van der Waals surface area contributed by atoms with E-state index >= 15 is 0 Å². The first kappa shape index (κ1) is 13.6. The van der Waals surface area contributed by atoms with E-state index in [0.29, 0.717) is 38.0 Å². The van der Waals surface area contributed by atoms with Crippen LogP contribution in [0, 0.1) is 5.92 Å². The highest BCUT2D eigenvalue weighted by atomic mass is 16.5. The minimum atomic E-state index is -0.246. The molecule has 0 N–H and O–H groups in total. The van der Waals surface area contributed by atoms with Crippen LogP contribution in [0.1, 0.15) is 29.8 Å². The third kappa shape index (κ3) is 2.33. The van der Waals surface area contributed by atoms with E-state index in [1.54, 1.807) is 13.2 Å². The summed E-state index contributed by atoms with van der Waals surface area (Å²) in [4.78, 5) is 14.2. The predicted octanol–water partition coefficient (Wildman–Crippen LogP) is 1.33. The van der Waals surface area contributed by atoms with Crippen molar-refractivity contribution in [3.05, 3.63) is 18.0 Å². The topological polar surface area (TPSA) is 64.8 Å². The average Bonchev–Trinajstić information content (AvgIpc) is 3.10. The molecular formula is C14H20N2O4. The summed E-state index contributed by atoms with van der Waals surface area (Å²) >= 11 is 0. The van der Waals surface area contributed by atoms with Crippen molar-refractivity contribution < 1.29 is 18.8 Å². The molecule has 0 aromatic carbocycles. The van der Waals surface area contributed by atoms with Crippen molar-refractivity contribution in [1.82, 2.24) is 10.1 Å². The first-order valence-corrected chi connectivity index (χ1v) is 7.08. The number of morpholine rings is 1. The van der Waals surface area contributed by atoms with Crippen LogP contribution < -0.4 is 0 Å². The van der Waals surface area contributed by atoms with E-state index in [-0.39, 0.29) is 11.5 Å². The van der Waals surface area contributed by atoms with Gasteiger partial charge in [0.05, 0.1) is 31.6 Å². The van der Waals surface area contributed by atoms with Gasteiger partial charge in [-0.05, 0) is 12.8 Å². The van der Waals surface area contributed by atoms with Crippen LogP contribution >= 0.6 is 0 Å². The first-order chi connectivity index (χ1) is 9.75. The standard InChI is InChI=1S/C14H20N2O4/c1-18-9-11-3-2-5-14(11)10-16(7-8-19-14)13(17)12-4-6-15-20-12/h4,6,11H,2-3,5,7-10H2,1H3/t11-,14+/m1/s1. The molecule has 1 saturated carbocycles. The van der Waals surface area contributed by atoms with Crippen LogP contribution in [0.3, 0.4) is 0 Å². The number of rotatable bonds is 3. The van der Waals surface area contributed by atoms with E-state index < -0.39 is 0 Å². The highest BCUT2D eigenvalue weighted by Gasteiger charge is 2.48. The lowest BCUT2D eigenvalue weighted by Crippen LogP contribution is -2.56. The molecule has 0 radical (unpaired) electrons. The Morgan fingerprint density at radius 3 is 3.30 bits per heavy atom. The summed E-state index contributed by atoms with van der Waals surface area (Å²) in [5, 5.41) is 3.60. The van der Waals surface area contributed by atoms with Crippen molar-refractivity contribution in [3.63, 3.8) is 0 Å². The fourth-order valence-electron chi connectivity index (χ4n) is 3.41. The molecule has 2 fully saturated rings. The molecular weight excluding hydrogens is 260 g/mol. The number of hydrogen-bond acceptors (Lipinski definition) is 5. The lowest BCUT2D eigenvalue weighted by molar-refractivity contribution is -0.131. The minimum Gasteiger partial charge on any atom is -0.384 e. The summed E-state index contributed by atoms with van der Waals surface area (Å²) in [7, 11) is 1.71. The molecule has 3 rings (SSSR count). The number of methoxy groups -OCH3 is 1. The zero-order valence-corrected chi connectivity index (χ0v) is 11.7. The van der Waals surface area contributed by atoms with Crippen LogP contribution in [0.4, 0.5) is 0 Å². The Labute approximate surface area is 118 Å². The van der Waals surface area contributed by atoms with Gasteiger partial charge in [-0.2, -0.15) is 0 Å². The Morgan fingerprint density at radius 2 is 2.55 bits per heavy atom. The van der Waals surface area contributed by atoms with Crippen molar-refractivity contribution in [2.75, 3.05) is 33.4 Å². The van der Waals surface area contributed by atoms with Crippen LogP contribution in [0.25, 0.3) is 0 Å². The summed E-state index contributed by atoms with van der Waals surface area (Å²) in [6, 6.07) is 1.60. The Kier molecular flexibility index (Phi) is 3.76. The lowest BCUT2D eigenvalue weighted by atomic mass is 9.89. The molecule has 6 heteroatoms. The van der Waals surface area contributed by atoms with E-state index in [1.807, 2.05) is 4.90 Å². The third-order valence-electron chi connectivity index (χ3n) is 4.41. The molecule has 1 aromatic heterocycles. The van der Waals surface area contributed by atoms with E-state index in [0.717, 1.165) is 19.3 Å². The van der Waals surface area contributed by atoms with Crippen LogP contribution in [0.2, 0.25) is 0 Å². The molecule has 1 spiro atoms. The van der Waals surface area contributed by atoms with Crippen molar-refractivity contribution in [2.45, 2.75) is 24.9 Å². The lowest BCUT2D eigenvalue weighted by Gasteiger charge is -2.43. The second-order valence-corrected chi connectivity index (χ2v) is 5.56. The van der Waals surface area contributed by atoms with Gasteiger partial charge in [0.1, 0.15) is 0 Å². The van der Waals surface area contributed by atoms with Crippen molar-refractivity contribution >= 4 is 5.91 Å². The van der Waals surface area contributed by atoms with Gasteiger partial charge in [-0.15, -0.1) is 0 Å². The number of carbonyl (C=O) groups excluding carboxylic acids is 1. The molecule has 20 heavy (non-hydrogen) atoms. The molecule has 110 valence electrons.